The first kappa shape index (κ1) is 18.1. The van der Waals surface area contributed by atoms with Crippen molar-refractivity contribution in [3.8, 4) is 0 Å². The van der Waals surface area contributed by atoms with Crippen LogP contribution in [0.4, 0.5) is 5.69 Å². The topological polar surface area (TPSA) is 71.8 Å². The molecule has 142 valence electrons. The SMILES string of the molecule is Cn1cc([C@H]2CNC[C@@H]2C(=O)Nc2ccc3nc(C(C)(C)C)sc3c2)cn1. The number of carbonyl (C=O) groups excluding carboxylic acids is 1. The Hall–Kier alpha value is -2.25. The number of aromatic nitrogens is 3. The molecule has 7 heteroatoms. The minimum Gasteiger partial charge on any atom is -0.326 e. The molecule has 0 radical (unpaired) electrons. The van der Waals surface area contributed by atoms with Crippen LogP contribution in [0.2, 0.25) is 0 Å². The molecule has 1 aliphatic heterocycles. The number of hydrogen-bond donors (Lipinski definition) is 2. The van der Waals surface area contributed by atoms with E-state index in [9.17, 15) is 4.79 Å². The Labute approximate surface area is 163 Å². The number of benzene rings is 1. The van der Waals surface area contributed by atoms with Crippen molar-refractivity contribution in [3.63, 3.8) is 0 Å². The molecule has 4 rings (SSSR count). The molecule has 2 aromatic heterocycles. The van der Waals surface area contributed by atoms with Crippen molar-refractivity contribution in [1.29, 1.82) is 0 Å². The van der Waals surface area contributed by atoms with Gasteiger partial charge in [0.1, 0.15) is 0 Å². The van der Waals surface area contributed by atoms with E-state index >= 15 is 0 Å². The molecule has 6 nitrogen and oxygen atoms in total. The van der Waals surface area contributed by atoms with Gasteiger partial charge in [0.05, 0.1) is 27.3 Å². The first-order valence-corrected chi connectivity index (χ1v) is 10.0. The maximum atomic E-state index is 12.9. The molecule has 0 bridgehead atoms. The minimum atomic E-state index is -0.100. The molecule has 0 unspecified atom stereocenters. The van der Waals surface area contributed by atoms with E-state index in [0.29, 0.717) is 6.54 Å². The van der Waals surface area contributed by atoms with Crippen molar-refractivity contribution in [1.82, 2.24) is 20.1 Å². The number of fused-ring (bicyclic) bond motifs is 1. The lowest BCUT2D eigenvalue weighted by Crippen LogP contribution is -2.28. The molecule has 2 atom stereocenters. The van der Waals surface area contributed by atoms with Gasteiger partial charge in [-0.3, -0.25) is 9.48 Å². The van der Waals surface area contributed by atoms with Gasteiger partial charge in [-0.15, -0.1) is 11.3 Å². The number of anilines is 1. The van der Waals surface area contributed by atoms with Crippen LogP contribution in [0.5, 0.6) is 0 Å². The van der Waals surface area contributed by atoms with Crippen LogP contribution in [-0.2, 0) is 17.3 Å². The predicted molar refractivity (Wildman–Crippen MR) is 109 cm³/mol. The summed E-state index contributed by atoms with van der Waals surface area (Å²) in [4.78, 5) is 17.6. The van der Waals surface area contributed by atoms with E-state index in [2.05, 4.69) is 36.5 Å². The molecule has 1 aliphatic rings. The number of carbonyl (C=O) groups is 1. The van der Waals surface area contributed by atoms with Crippen LogP contribution in [0.1, 0.15) is 37.3 Å². The van der Waals surface area contributed by atoms with Crippen molar-refractivity contribution in [2.24, 2.45) is 13.0 Å². The molecular formula is C20H25N5OS. The largest absolute Gasteiger partial charge is 0.326 e. The zero-order valence-electron chi connectivity index (χ0n) is 16.1. The van der Waals surface area contributed by atoms with Gasteiger partial charge < -0.3 is 10.6 Å². The Morgan fingerprint density at radius 2 is 2.15 bits per heavy atom. The zero-order valence-corrected chi connectivity index (χ0v) is 16.9. The molecular weight excluding hydrogens is 358 g/mol. The Kier molecular flexibility index (Phi) is 4.52. The second-order valence-electron chi connectivity index (χ2n) is 8.26. The second-order valence-corrected chi connectivity index (χ2v) is 9.29. The third-order valence-corrected chi connectivity index (χ3v) is 6.45. The van der Waals surface area contributed by atoms with E-state index in [1.54, 1.807) is 16.0 Å². The van der Waals surface area contributed by atoms with Crippen LogP contribution in [0.3, 0.4) is 0 Å². The fourth-order valence-corrected chi connectivity index (χ4v) is 4.56. The van der Waals surface area contributed by atoms with E-state index in [4.69, 9.17) is 4.98 Å². The Morgan fingerprint density at radius 3 is 2.85 bits per heavy atom. The van der Waals surface area contributed by atoms with Crippen molar-refractivity contribution in [2.75, 3.05) is 18.4 Å². The van der Waals surface area contributed by atoms with Crippen LogP contribution < -0.4 is 10.6 Å². The minimum absolute atomic E-state index is 0.0273. The second kappa shape index (κ2) is 6.73. The molecule has 1 fully saturated rings. The Morgan fingerprint density at radius 1 is 1.33 bits per heavy atom. The number of thiazole rings is 1. The van der Waals surface area contributed by atoms with E-state index in [1.807, 2.05) is 37.6 Å². The normalized spacial score (nSPS) is 20.3. The third-order valence-electron chi connectivity index (χ3n) is 5.00. The van der Waals surface area contributed by atoms with Crippen LogP contribution in [0.15, 0.2) is 30.6 Å². The number of rotatable bonds is 3. The molecule has 27 heavy (non-hydrogen) atoms. The third kappa shape index (κ3) is 3.61. The van der Waals surface area contributed by atoms with Gasteiger partial charge in [0.25, 0.3) is 0 Å². The number of aryl methyl sites for hydroxylation is 1. The van der Waals surface area contributed by atoms with Crippen molar-refractivity contribution in [2.45, 2.75) is 32.1 Å². The summed E-state index contributed by atoms with van der Waals surface area (Å²) in [5.41, 5.74) is 2.95. The fourth-order valence-electron chi connectivity index (χ4n) is 3.49. The molecule has 1 amide bonds. The standard InChI is InChI=1S/C20H25N5OS/c1-20(2,3)19-24-16-6-5-13(7-17(16)27-19)23-18(26)15-10-21-9-14(15)12-8-22-25(4)11-12/h5-8,11,14-15,21H,9-10H2,1-4H3,(H,23,26)/t14-,15+/m1/s1. The average Bonchev–Trinajstić information content (AvgIpc) is 3.31. The van der Waals surface area contributed by atoms with Crippen LogP contribution in [-0.4, -0.2) is 33.8 Å². The highest BCUT2D eigenvalue weighted by Gasteiger charge is 2.34. The van der Waals surface area contributed by atoms with Gasteiger partial charge in [-0.25, -0.2) is 4.98 Å². The van der Waals surface area contributed by atoms with E-state index in [1.165, 1.54) is 0 Å². The molecule has 3 aromatic rings. The monoisotopic (exact) mass is 383 g/mol. The van der Waals surface area contributed by atoms with Gasteiger partial charge >= 0.3 is 0 Å². The van der Waals surface area contributed by atoms with Gasteiger partial charge in [-0.2, -0.15) is 5.10 Å². The summed E-state index contributed by atoms with van der Waals surface area (Å²) in [6, 6.07) is 5.96. The van der Waals surface area contributed by atoms with Crippen LogP contribution >= 0.6 is 11.3 Å². The number of hydrogen-bond acceptors (Lipinski definition) is 5. The van der Waals surface area contributed by atoms with E-state index in [0.717, 1.165) is 33.0 Å². The molecule has 0 aliphatic carbocycles. The lowest BCUT2D eigenvalue weighted by atomic mass is 9.90. The van der Waals surface area contributed by atoms with Crippen molar-refractivity contribution < 1.29 is 4.79 Å². The summed E-state index contributed by atoms with van der Waals surface area (Å²) < 4.78 is 2.89. The molecule has 2 N–H and O–H groups in total. The molecule has 1 aromatic carbocycles. The molecule has 3 heterocycles. The summed E-state index contributed by atoms with van der Waals surface area (Å²) in [6.45, 7) is 7.98. The van der Waals surface area contributed by atoms with E-state index in [-0.39, 0.29) is 23.2 Å². The highest BCUT2D eigenvalue weighted by Crippen LogP contribution is 2.33. The Bertz CT molecular complexity index is 984. The van der Waals surface area contributed by atoms with Gasteiger partial charge in [-0.05, 0) is 23.8 Å². The fraction of sp³-hybridized carbons (Fsp3) is 0.450. The first-order valence-electron chi connectivity index (χ1n) is 9.22. The predicted octanol–water partition coefficient (Wildman–Crippen LogP) is 3.27. The summed E-state index contributed by atoms with van der Waals surface area (Å²) >= 11 is 1.69. The van der Waals surface area contributed by atoms with Crippen LogP contribution in [0.25, 0.3) is 10.2 Å². The quantitative estimate of drug-likeness (QED) is 0.728. The van der Waals surface area contributed by atoms with E-state index < -0.39 is 0 Å². The summed E-state index contributed by atoms with van der Waals surface area (Å²) in [6.07, 6.45) is 3.85. The number of amides is 1. The Balaban J connectivity index is 1.53. The number of nitrogens with one attached hydrogen (secondary N) is 2. The highest BCUT2D eigenvalue weighted by molar-refractivity contribution is 7.18. The lowest BCUT2D eigenvalue weighted by molar-refractivity contribution is -0.119. The summed E-state index contributed by atoms with van der Waals surface area (Å²) in [7, 11) is 1.90. The molecule has 1 saturated heterocycles. The number of nitrogens with zero attached hydrogens (tertiary/aromatic N) is 3. The average molecular weight is 384 g/mol. The zero-order chi connectivity index (χ0) is 19.2. The van der Waals surface area contributed by atoms with Crippen LogP contribution in [0, 0.1) is 5.92 Å². The smallest absolute Gasteiger partial charge is 0.229 e. The maximum absolute atomic E-state index is 12.9. The van der Waals surface area contributed by atoms with Crippen molar-refractivity contribution in [3.05, 3.63) is 41.2 Å². The molecule has 0 saturated carbocycles. The van der Waals surface area contributed by atoms with Gasteiger partial charge in [-0.1, -0.05) is 20.8 Å². The first-order chi connectivity index (χ1) is 12.8. The van der Waals surface area contributed by atoms with Crippen molar-refractivity contribution >= 4 is 33.1 Å². The summed E-state index contributed by atoms with van der Waals surface area (Å²) in [5, 5.41) is 11.8. The van der Waals surface area contributed by atoms with Gasteiger partial charge in [0.2, 0.25) is 5.91 Å². The van der Waals surface area contributed by atoms with Gasteiger partial charge in [0.15, 0.2) is 0 Å². The maximum Gasteiger partial charge on any atom is 0.229 e. The molecule has 0 spiro atoms. The highest BCUT2D eigenvalue weighted by atomic mass is 32.1. The lowest BCUT2D eigenvalue weighted by Gasteiger charge is -2.17. The summed E-state index contributed by atoms with van der Waals surface area (Å²) in [5.74, 6) is 0.101. The van der Waals surface area contributed by atoms with Gasteiger partial charge in [0, 0.05) is 43.4 Å².